The van der Waals surface area contributed by atoms with Gasteiger partial charge in [0.1, 0.15) is 0 Å². The minimum absolute atomic E-state index is 0.302. The monoisotopic (exact) mass is 360 g/mol. The van der Waals surface area contributed by atoms with Crippen molar-refractivity contribution in [3.8, 4) is 0 Å². The Bertz CT molecular complexity index is 712. The van der Waals surface area contributed by atoms with Gasteiger partial charge in [-0.1, -0.05) is 34.1 Å². The topological polar surface area (TPSA) is 67.8 Å². The second kappa shape index (κ2) is 7.51. The van der Waals surface area contributed by atoms with Crippen LogP contribution in [0.15, 0.2) is 58.1 Å². The molecule has 0 fully saturated rings. The second-order valence-electron chi connectivity index (χ2n) is 4.32. The first-order valence-electron chi connectivity index (χ1n) is 6.37. The Morgan fingerprint density at radius 1 is 1.14 bits per heavy atom. The minimum Gasteiger partial charge on any atom is -0.465 e. The molecule has 1 amide bonds. The van der Waals surface area contributed by atoms with Gasteiger partial charge in [0.15, 0.2) is 0 Å². The fourth-order valence-electron chi connectivity index (χ4n) is 1.68. The molecule has 2 aromatic carbocycles. The van der Waals surface area contributed by atoms with Crippen molar-refractivity contribution in [1.29, 1.82) is 0 Å². The van der Waals surface area contributed by atoms with Crippen LogP contribution in [-0.2, 0) is 4.74 Å². The van der Waals surface area contributed by atoms with Gasteiger partial charge in [0.05, 0.1) is 18.9 Å². The van der Waals surface area contributed by atoms with E-state index in [1.165, 1.54) is 13.3 Å². The summed E-state index contributed by atoms with van der Waals surface area (Å²) in [6.07, 6.45) is 1.50. The lowest BCUT2D eigenvalue weighted by atomic mass is 10.1. The summed E-state index contributed by atoms with van der Waals surface area (Å²) in [5.74, 6) is -0.699. The maximum Gasteiger partial charge on any atom is 0.337 e. The first-order valence-corrected chi connectivity index (χ1v) is 7.17. The third kappa shape index (κ3) is 4.26. The number of nitrogens with zero attached hydrogens (tertiary/aromatic N) is 1. The van der Waals surface area contributed by atoms with Crippen molar-refractivity contribution in [2.75, 3.05) is 7.11 Å². The summed E-state index contributed by atoms with van der Waals surface area (Å²) in [5, 5.41) is 3.89. The van der Waals surface area contributed by atoms with Gasteiger partial charge in [-0.25, -0.2) is 10.2 Å². The predicted molar refractivity (Wildman–Crippen MR) is 87.0 cm³/mol. The zero-order chi connectivity index (χ0) is 15.9. The Labute approximate surface area is 136 Å². The van der Waals surface area contributed by atoms with Gasteiger partial charge in [-0.3, -0.25) is 4.79 Å². The van der Waals surface area contributed by atoms with Crippen LogP contribution in [0.1, 0.15) is 26.3 Å². The van der Waals surface area contributed by atoms with E-state index in [0.29, 0.717) is 11.1 Å². The van der Waals surface area contributed by atoms with Crippen molar-refractivity contribution in [2.24, 2.45) is 5.10 Å². The number of hydrazone groups is 1. The van der Waals surface area contributed by atoms with E-state index in [1.807, 2.05) is 6.07 Å². The van der Waals surface area contributed by atoms with Crippen LogP contribution in [0.5, 0.6) is 0 Å². The lowest BCUT2D eigenvalue weighted by Crippen LogP contribution is -2.17. The van der Waals surface area contributed by atoms with Crippen LogP contribution in [-0.4, -0.2) is 25.2 Å². The van der Waals surface area contributed by atoms with Gasteiger partial charge in [0.2, 0.25) is 0 Å². The van der Waals surface area contributed by atoms with Crippen molar-refractivity contribution in [3.63, 3.8) is 0 Å². The number of ether oxygens (including phenoxy) is 1. The summed E-state index contributed by atoms with van der Waals surface area (Å²) < 4.78 is 5.44. The quantitative estimate of drug-likeness (QED) is 0.517. The highest BCUT2D eigenvalue weighted by atomic mass is 79.9. The lowest BCUT2D eigenvalue weighted by Gasteiger charge is -2.01. The number of carbonyl (C=O) groups is 2. The van der Waals surface area contributed by atoms with Crippen LogP contribution < -0.4 is 5.43 Å². The minimum atomic E-state index is -0.397. The number of hydrogen-bond acceptors (Lipinski definition) is 4. The second-order valence-corrected chi connectivity index (χ2v) is 5.24. The molecule has 0 atom stereocenters. The number of methoxy groups -OCH3 is 1. The van der Waals surface area contributed by atoms with E-state index in [2.05, 4.69) is 31.2 Å². The molecule has 2 aromatic rings. The SMILES string of the molecule is COC(=O)c1ccc(/C=N\NC(=O)c2cccc(Br)c2)cc1. The molecule has 22 heavy (non-hydrogen) atoms. The summed E-state index contributed by atoms with van der Waals surface area (Å²) >= 11 is 3.30. The molecule has 112 valence electrons. The average molecular weight is 361 g/mol. The molecule has 0 spiro atoms. The molecule has 0 aliphatic heterocycles. The van der Waals surface area contributed by atoms with Crippen molar-refractivity contribution in [1.82, 2.24) is 5.43 Å². The maximum atomic E-state index is 11.9. The Balaban J connectivity index is 1.97. The van der Waals surface area contributed by atoms with Crippen molar-refractivity contribution in [2.45, 2.75) is 0 Å². The molecule has 0 saturated heterocycles. The molecule has 1 N–H and O–H groups in total. The molecule has 5 nitrogen and oxygen atoms in total. The number of carbonyl (C=O) groups excluding carboxylic acids is 2. The molecule has 0 aliphatic rings. The highest BCUT2D eigenvalue weighted by Gasteiger charge is 2.05. The van der Waals surface area contributed by atoms with Crippen LogP contribution in [0.3, 0.4) is 0 Å². The molecule has 0 unspecified atom stereocenters. The van der Waals surface area contributed by atoms with Crippen LogP contribution in [0, 0.1) is 0 Å². The zero-order valence-corrected chi connectivity index (χ0v) is 13.3. The smallest absolute Gasteiger partial charge is 0.337 e. The van der Waals surface area contributed by atoms with Gasteiger partial charge < -0.3 is 4.74 Å². The van der Waals surface area contributed by atoms with Gasteiger partial charge in [0, 0.05) is 10.0 Å². The van der Waals surface area contributed by atoms with E-state index in [1.54, 1.807) is 42.5 Å². The first-order chi connectivity index (χ1) is 10.6. The standard InChI is InChI=1S/C16H13BrN2O3/c1-22-16(21)12-7-5-11(6-8-12)10-18-19-15(20)13-3-2-4-14(17)9-13/h2-10H,1H3,(H,19,20)/b18-10-. The van der Waals surface area contributed by atoms with Gasteiger partial charge in [-0.2, -0.15) is 5.10 Å². The Morgan fingerprint density at radius 3 is 2.50 bits per heavy atom. The Hall–Kier alpha value is -2.47. The molecule has 6 heteroatoms. The summed E-state index contributed by atoms with van der Waals surface area (Å²) in [7, 11) is 1.33. The third-order valence-electron chi connectivity index (χ3n) is 2.80. The van der Waals surface area contributed by atoms with Crippen molar-refractivity contribution < 1.29 is 14.3 Å². The number of halogens is 1. The molecular weight excluding hydrogens is 348 g/mol. The van der Waals surface area contributed by atoms with Crippen LogP contribution in [0.25, 0.3) is 0 Å². The van der Waals surface area contributed by atoms with Crippen LogP contribution in [0.4, 0.5) is 0 Å². The van der Waals surface area contributed by atoms with Crippen LogP contribution >= 0.6 is 15.9 Å². The number of rotatable bonds is 4. The highest BCUT2D eigenvalue weighted by Crippen LogP contribution is 2.11. The van der Waals surface area contributed by atoms with E-state index in [0.717, 1.165) is 10.0 Å². The average Bonchev–Trinajstić information content (AvgIpc) is 2.54. The highest BCUT2D eigenvalue weighted by molar-refractivity contribution is 9.10. The fraction of sp³-hybridized carbons (Fsp3) is 0.0625. The number of hydrogen-bond donors (Lipinski definition) is 1. The summed E-state index contributed by atoms with van der Waals surface area (Å²) in [6.45, 7) is 0. The molecule has 0 aliphatic carbocycles. The summed E-state index contributed by atoms with van der Waals surface area (Å²) in [5.41, 5.74) is 4.16. The predicted octanol–water partition coefficient (Wildman–Crippen LogP) is 3.00. The molecule has 0 bridgehead atoms. The summed E-state index contributed by atoms with van der Waals surface area (Å²) in [6, 6.07) is 13.7. The molecule has 0 heterocycles. The largest absolute Gasteiger partial charge is 0.465 e. The number of benzene rings is 2. The van der Waals surface area contributed by atoms with E-state index in [9.17, 15) is 9.59 Å². The van der Waals surface area contributed by atoms with E-state index < -0.39 is 5.97 Å². The van der Waals surface area contributed by atoms with Gasteiger partial charge in [0.25, 0.3) is 5.91 Å². The number of amides is 1. The molecule has 0 aromatic heterocycles. The van der Waals surface area contributed by atoms with Crippen LogP contribution in [0.2, 0.25) is 0 Å². The molecule has 0 saturated carbocycles. The molecular formula is C16H13BrN2O3. The third-order valence-corrected chi connectivity index (χ3v) is 3.29. The van der Waals surface area contributed by atoms with E-state index in [4.69, 9.17) is 0 Å². The van der Waals surface area contributed by atoms with E-state index in [-0.39, 0.29) is 5.91 Å². The Kier molecular flexibility index (Phi) is 5.43. The maximum absolute atomic E-state index is 11.9. The fourth-order valence-corrected chi connectivity index (χ4v) is 2.08. The number of nitrogens with one attached hydrogen (secondary N) is 1. The van der Waals surface area contributed by atoms with Crippen molar-refractivity contribution in [3.05, 3.63) is 69.7 Å². The normalized spacial score (nSPS) is 10.5. The first kappa shape index (κ1) is 15.9. The molecule has 0 radical (unpaired) electrons. The lowest BCUT2D eigenvalue weighted by molar-refractivity contribution is 0.0600. The molecule has 2 rings (SSSR count). The van der Waals surface area contributed by atoms with Gasteiger partial charge >= 0.3 is 5.97 Å². The van der Waals surface area contributed by atoms with Crippen molar-refractivity contribution >= 4 is 34.0 Å². The van der Waals surface area contributed by atoms with Gasteiger partial charge in [-0.15, -0.1) is 0 Å². The van der Waals surface area contributed by atoms with E-state index >= 15 is 0 Å². The number of esters is 1. The van der Waals surface area contributed by atoms with Gasteiger partial charge in [-0.05, 0) is 35.9 Å². The Morgan fingerprint density at radius 2 is 1.86 bits per heavy atom. The summed E-state index contributed by atoms with van der Waals surface area (Å²) in [4.78, 5) is 23.2. The zero-order valence-electron chi connectivity index (χ0n) is 11.7.